The zero-order chi connectivity index (χ0) is 9.10. The predicted molar refractivity (Wildman–Crippen MR) is 48.1 cm³/mol. The fourth-order valence-electron chi connectivity index (χ4n) is 1.56. The highest BCUT2D eigenvalue weighted by atomic mass is 19.1. The molecule has 70 valence electrons. The number of anilines is 1. The SMILES string of the molecule is FC1CCCCN1c1ncccn1. The van der Waals surface area contributed by atoms with Gasteiger partial charge in [0.05, 0.1) is 0 Å². The van der Waals surface area contributed by atoms with E-state index < -0.39 is 6.30 Å². The summed E-state index contributed by atoms with van der Waals surface area (Å²) in [6.07, 6.45) is 4.96. The first-order chi connectivity index (χ1) is 6.38. The largest absolute Gasteiger partial charge is 0.311 e. The summed E-state index contributed by atoms with van der Waals surface area (Å²) in [6.45, 7) is 0.727. The molecule has 1 aliphatic heterocycles. The molecular formula is C9H12FN3. The van der Waals surface area contributed by atoms with Gasteiger partial charge in [0.25, 0.3) is 0 Å². The maximum atomic E-state index is 13.4. The Hall–Kier alpha value is -1.19. The van der Waals surface area contributed by atoms with Gasteiger partial charge in [-0.2, -0.15) is 0 Å². The van der Waals surface area contributed by atoms with Gasteiger partial charge < -0.3 is 4.90 Å². The minimum atomic E-state index is -0.906. The molecule has 1 aromatic rings. The molecule has 1 unspecified atom stereocenters. The normalized spacial score (nSPS) is 23.2. The smallest absolute Gasteiger partial charge is 0.227 e. The molecule has 1 fully saturated rings. The summed E-state index contributed by atoms with van der Waals surface area (Å²) in [5.74, 6) is 0.509. The maximum Gasteiger partial charge on any atom is 0.227 e. The van der Waals surface area contributed by atoms with E-state index in [1.165, 1.54) is 0 Å². The number of hydrogen-bond donors (Lipinski definition) is 0. The van der Waals surface area contributed by atoms with Crippen LogP contribution in [0, 0.1) is 0 Å². The van der Waals surface area contributed by atoms with Gasteiger partial charge in [0, 0.05) is 18.9 Å². The molecule has 0 amide bonds. The van der Waals surface area contributed by atoms with Gasteiger partial charge >= 0.3 is 0 Å². The van der Waals surface area contributed by atoms with E-state index in [0.29, 0.717) is 12.4 Å². The van der Waals surface area contributed by atoms with Crippen molar-refractivity contribution < 1.29 is 4.39 Å². The highest BCUT2D eigenvalue weighted by Crippen LogP contribution is 2.21. The van der Waals surface area contributed by atoms with Crippen LogP contribution in [-0.4, -0.2) is 22.8 Å². The number of nitrogens with zero attached hydrogens (tertiary/aromatic N) is 3. The van der Waals surface area contributed by atoms with E-state index in [-0.39, 0.29) is 0 Å². The third-order valence-corrected chi connectivity index (χ3v) is 2.24. The lowest BCUT2D eigenvalue weighted by Crippen LogP contribution is -2.37. The summed E-state index contributed by atoms with van der Waals surface area (Å²) in [5.41, 5.74) is 0. The number of rotatable bonds is 1. The molecular weight excluding hydrogens is 169 g/mol. The van der Waals surface area contributed by atoms with Crippen molar-refractivity contribution in [1.29, 1.82) is 0 Å². The van der Waals surface area contributed by atoms with Gasteiger partial charge in [0.15, 0.2) is 6.30 Å². The molecule has 1 atom stereocenters. The van der Waals surface area contributed by atoms with E-state index in [1.807, 2.05) is 0 Å². The maximum absolute atomic E-state index is 13.4. The lowest BCUT2D eigenvalue weighted by Gasteiger charge is -2.30. The summed E-state index contributed by atoms with van der Waals surface area (Å²) in [4.78, 5) is 9.68. The lowest BCUT2D eigenvalue weighted by atomic mass is 10.1. The van der Waals surface area contributed by atoms with Gasteiger partial charge in [0.2, 0.25) is 5.95 Å². The summed E-state index contributed by atoms with van der Waals surface area (Å²) < 4.78 is 13.4. The molecule has 13 heavy (non-hydrogen) atoms. The topological polar surface area (TPSA) is 29.0 Å². The monoisotopic (exact) mass is 181 g/mol. The van der Waals surface area contributed by atoms with Crippen LogP contribution in [0.3, 0.4) is 0 Å². The molecule has 0 aromatic carbocycles. The van der Waals surface area contributed by atoms with Crippen LogP contribution in [-0.2, 0) is 0 Å². The number of hydrogen-bond acceptors (Lipinski definition) is 3. The van der Waals surface area contributed by atoms with Crippen molar-refractivity contribution in [3.05, 3.63) is 18.5 Å². The highest BCUT2D eigenvalue weighted by Gasteiger charge is 2.23. The zero-order valence-corrected chi connectivity index (χ0v) is 7.36. The molecule has 0 spiro atoms. The second-order valence-electron chi connectivity index (χ2n) is 3.17. The predicted octanol–water partition coefficient (Wildman–Crippen LogP) is 1.76. The van der Waals surface area contributed by atoms with E-state index in [1.54, 1.807) is 23.4 Å². The van der Waals surface area contributed by atoms with Crippen LogP contribution in [0.5, 0.6) is 0 Å². The summed E-state index contributed by atoms with van der Waals surface area (Å²) >= 11 is 0. The summed E-state index contributed by atoms with van der Waals surface area (Å²) in [6, 6.07) is 1.74. The minimum Gasteiger partial charge on any atom is -0.311 e. The number of piperidine rings is 1. The highest BCUT2D eigenvalue weighted by molar-refractivity contribution is 5.29. The molecule has 0 bridgehead atoms. The van der Waals surface area contributed by atoms with E-state index in [9.17, 15) is 4.39 Å². The van der Waals surface area contributed by atoms with Gasteiger partial charge in [-0.25, -0.2) is 14.4 Å². The first-order valence-corrected chi connectivity index (χ1v) is 4.55. The van der Waals surface area contributed by atoms with Crippen molar-refractivity contribution in [1.82, 2.24) is 9.97 Å². The van der Waals surface area contributed by atoms with E-state index in [0.717, 1.165) is 19.4 Å². The van der Waals surface area contributed by atoms with Crippen molar-refractivity contribution in [2.24, 2.45) is 0 Å². The quantitative estimate of drug-likeness (QED) is 0.618. The van der Waals surface area contributed by atoms with E-state index >= 15 is 0 Å². The Morgan fingerprint density at radius 2 is 2.08 bits per heavy atom. The van der Waals surface area contributed by atoms with Crippen molar-refractivity contribution in [3.63, 3.8) is 0 Å². The molecule has 0 aliphatic carbocycles. The molecule has 4 heteroatoms. The summed E-state index contributed by atoms with van der Waals surface area (Å²) in [7, 11) is 0. The number of aromatic nitrogens is 2. The standard InChI is InChI=1S/C9H12FN3/c10-8-4-1-2-7-13(8)9-11-5-3-6-12-9/h3,5-6,8H,1-2,4,7H2. The first kappa shape index (κ1) is 8.41. The molecule has 0 N–H and O–H groups in total. The zero-order valence-electron chi connectivity index (χ0n) is 7.36. The van der Waals surface area contributed by atoms with Crippen LogP contribution in [0.1, 0.15) is 19.3 Å². The molecule has 0 saturated carbocycles. The van der Waals surface area contributed by atoms with Crippen LogP contribution in [0.25, 0.3) is 0 Å². The average molecular weight is 181 g/mol. The Labute approximate surface area is 76.6 Å². The summed E-state index contributed by atoms with van der Waals surface area (Å²) in [5, 5.41) is 0. The molecule has 3 nitrogen and oxygen atoms in total. The minimum absolute atomic E-state index is 0.509. The van der Waals surface area contributed by atoms with Crippen LogP contribution in [0.2, 0.25) is 0 Å². The molecule has 0 radical (unpaired) electrons. The van der Waals surface area contributed by atoms with Crippen molar-refractivity contribution in [3.8, 4) is 0 Å². The fraction of sp³-hybridized carbons (Fsp3) is 0.556. The Morgan fingerprint density at radius 3 is 2.77 bits per heavy atom. The van der Waals surface area contributed by atoms with Crippen LogP contribution in [0.15, 0.2) is 18.5 Å². The molecule has 1 aromatic heterocycles. The van der Waals surface area contributed by atoms with Crippen LogP contribution in [0.4, 0.5) is 10.3 Å². The second-order valence-corrected chi connectivity index (χ2v) is 3.17. The first-order valence-electron chi connectivity index (χ1n) is 4.55. The van der Waals surface area contributed by atoms with Gasteiger partial charge in [-0.1, -0.05) is 0 Å². The third-order valence-electron chi connectivity index (χ3n) is 2.24. The van der Waals surface area contributed by atoms with Gasteiger partial charge in [0.1, 0.15) is 0 Å². The van der Waals surface area contributed by atoms with Gasteiger partial charge in [-0.3, -0.25) is 0 Å². The van der Waals surface area contributed by atoms with Crippen molar-refractivity contribution in [2.75, 3.05) is 11.4 Å². The van der Waals surface area contributed by atoms with Gasteiger partial charge in [-0.15, -0.1) is 0 Å². The van der Waals surface area contributed by atoms with E-state index in [4.69, 9.17) is 0 Å². The average Bonchev–Trinajstić information content (AvgIpc) is 2.20. The fourth-order valence-corrected chi connectivity index (χ4v) is 1.56. The second kappa shape index (κ2) is 3.68. The van der Waals surface area contributed by atoms with Crippen LogP contribution < -0.4 is 4.90 Å². The Kier molecular flexibility index (Phi) is 2.38. The number of alkyl halides is 1. The van der Waals surface area contributed by atoms with E-state index in [2.05, 4.69) is 9.97 Å². The molecule has 2 heterocycles. The van der Waals surface area contributed by atoms with Crippen molar-refractivity contribution in [2.45, 2.75) is 25.6 Å². The number of halogens is 1. The van der Waals surface area contributed by atoms with Gasteiger partial charge in [-0.05, 0) is 25.3 Å². The lowest BCUT2D eigenvalue weighted by molar-refractivity contribution is 0.262. The Bertz CT molecular complexity index is 265. The van der Waals surface area contributed by atoms with Crippen LogP contribution >= 0.6 is 0 Å². The van der Waals surface area contributed by atoms with Crippen molar-refractivity contribution >= 4 is 5.95 Å². The molecule has 2 rings (SSSR count). The molecule has 1 saturated heterocycles. The Morgan fingerprint density at radius 1 is 1.31 bits per heavy atom. The Balaban J connectivity index is 2.15. The third kappa shape index (κ3) is 1.76. The molecule has 1 aliphatic rings.